The summed E-state index contributed by atoms with van der Waals surface area (Å²) in [7, 11) is -3.47. The molecule has 1 aliphatic carbocycles. The lowest BCUT2D eigenvalue weighted by Gasteiger charge is -2.26. The summed E-state index contributed by atoms with van der Waals surface area (Å²) in [5, 5.41) is 0. The molecular weight excluding hydrogens is 395 g/mol. The molecule has 2 heterocycles. The summed E-state index contributed by atoms with van der Waals surface area (Å²) < 4.78 is 26.3. The predicted octanol–water partition coefficient (Wildman–Crippen LogP) is 3.33. The molecule has 1 saturated carbocycles. The number of carbonyl (C=O) groups excluding carboxylic acids is 1. The Hall–Kier alpha value is -0.820. The van der Waals surface area contributed by atoms with Crippen molar-refractivity contribution in [3.63, 3.8) is 0 Å². The maximum Gasteiger partial charge on any atom is 0.243 e. The van der Waals surface area contributed by atoms with E-state index < -0.39 is 19.8 Å². The number of hydrogen-bond donors (Lipinski definition) is 0. The molecule has 0 bridgehead atoms. The lowest BCUT2D eigenvalue weighted by Crippen LogP contribution is -2.37. The second kappa shape index (κ2) is 6.09. The van der Waals surface area contributed by atoms with E-state index in [0.29, 0.717) is 37.4 Å². The molecule has 5 nitrogen and oxygen atoms in total. The van der Waals surface area contributed by atoms with Crippen molar-refractivity contribution >= 4 is 44.8 Å². The Morgan fingerprint density at radius 3 is 2.38 bits per heavy atom. The van der Waals surface area contributed by atoms with E-state index in [9.17, 15) is 13.2 Å². The monoisotopic (exact) mass is 416 g/mol. The molecule has 0 spiro atoms. The van der Waals surface area contributed by atoms with Gasteiger partial charge < -0.3 is 4.90 Å². The van der Waals surface area contributed by atoms with Gasteiger partial charge in [-0.15, -0.1) is 23.2 Å². The molecule has 8 heteroatoms. The lowest BCUT2D eigenvalue weighted by molar-refractivity contribution is -0.123. The van der Waals surface area contributed by atoms with E-state index in [2.05, 4.69) is 0 Å². The van der Waals surface area contributed by atoms with Crippen molar-refractivity contribution in [3.05, 3.63) is 23.8 Å². The smallest absolute Gasteiger partial charge is 0.243 e. The third-order valence-electron chi connectivity index (χ3n) is 5.87. The number of benzene rings is 1. The minimum atomic E-state index is -3.47. The molecule has 0 aromatic heterocycles. The van der Waals surface area contributed by atoms with Crippen molar-refractivity contribution in [2.24, 2.45) is 5.41 Å². The third kappa shape index (κ3) is 2.77. The van der Waals surface area contributed by atoms with Crippen LogP contribution in [0.4, 0.5) is 5.69 Å². The van der Waals surface area contributed by atoms with Gasteiger partial charge in [-0.2, -0.15) is 4.31 Å². The Bertz CT molecular complexity index is 865. The summed E-state index contributed by atoms with van der Waals surface area (Å²) in [4.78, 5) is 14.9. The molecule has 2 fully saturated rings. The normalized spacial score (nSPS) is 28.0. The minimum absolute atomic E-state index is 0.0899. The first-order valence-electron chi connectivity index (χ1n) is 9.00. The number of carbonyl (C=O) groups is 1. The maximum atomic E-state index is 12.9. The first-order valence-corrected chi connectivity index (χ1v) is 11.2. The average Bonchev–Trinajstić information content (AvgIpc) is 2.95. The molecule has 1 aromatic rings. The van der Waals surface area contributed by atoms with Crippen LogP contribution in [0.3, 0.4) is 0 Å². The van der Waals surface area contributed by atoms with Crippen LogP contribution in [-0.4, -0.2) is 42.6 Å². The molecular formula is C18H22Cl2N2O3S. The highest BCUT2D eigenvalue weighted by Gasteiger charge is 2.69. The SMILES string of the molecule is C[C@]1(C(=O)N2CCc3cc(S(=O)(=O)N4CCCCC4)ccc32)CC1(Cl)Cl. The summed E-state index contributed by atoms with van der Waals surface area (Å²) in [6.45, 7) is 3.47. The number of alkyl halides is 2. The Kier molecular flexibility index (Phi) is 4.34. The highest BCUT2D eigenvalue weighted by atomic mass is 35.5. The van der Waals surface area contributed by atoms with E-state index in [1.165, 1.54) is 0 Å². The predicted molar refractivity (Wildman–Crippen MR) is 102 cm³/mol. The molecule has 0 unspecified atom stereocenters. The van der Waals surface area contributed by atoms with E-state index >= 15 is 0 Å². The van der Waals surface area contributed by atoms with Gasteiger partial charge in [0.2, 0.25) is 15.9 Å². The minimum Gasteiger partial charge on any atom is -0.311 e. The van der Waals surface area contributed by atoms with Crippen LogP contribution in [0.15, 0.2) is 23.1 Å². The fraction of sp³-hybridized carbons (Fsp3) is 0.611. The van der Waals surface area contributed by atoms with Crippen molar-refractivity contribution in [2.75, 3.05) is 24.5 Å². The van der Waals surface area contributed by atoms with Gasteiger partial charge in [0, 0.05) is 25.3 Å². The largest absolute Gasteiger partial charge is 0.311 e. The number of anilines is 1. The zero-order valence-electron chi connectivity index (χ0n) is 14.7. The van der Waals surface area contributed by atoms with Gasteiger partial charge in [-0.05, 0) is 56.4 Å². The molecule has 26 heavy (non-hydrogen) atoms. The fourth-order valence-electron chi connectivity index (χ4n) is 3.93. The standard InChI is InChI=1S/C18H22Cl2N2O3S/c1-17(12-18(17,19)20)16(23)22-10-7-13-11-14(5-6-15(13)22)26(24,25)21-8-3-2-4-9-21/h5-6,11H,2-4,7-10,12H2,1H3/t17-/m1/s1. The van der Waals surface area contributed by atoms with Crippen LogP contribution in [0.5, 0.6) is 0 Å². The van der Waals surface area contributed by atoms with Gasteiger partial charge in [-0.1, -0.05) is 6.42 Å². The molecule has 0 radical (unpaired) electrons. The quantitative estimate of drug-likeness (QED) is 0.709. The molecule has 1 amide bonds. The topological polar surface area (TPSA) is 57.7 Å². The molecule has 2 aliphatic heterocycles. The van der Waals surface area contributed by atoms with Gasteiger partial charge in [0.05, 0.1) is 10.3 Å². The first kappa shape index (κ1) is 18.5. The van der Waals surface area contributed by atoms with E-state index in [4.69, 9.17) is 23.2 Å². The first-order chi connectivity index (χ1) is 12.2. The number of hydrogen-bond acceptors (Lipinski definition) is 3. The molecule has 1 atom stereocenters. The van der Waals surface area contributed by atoms with E-state index in [1.807, 2.05) is 0 Å². The number of nitrogens with zero attached hydrogens (tertiary/aromatic N) is 2. The molecule has 4 rings (SSSR count). The van der Waals surface area contributed by atoms with Crippen LogP contribution < -0.4 is 4.90 Å². The van der Waals surface area contributed by atoms with Crippen LogP contribution in [0.1, 0.15) is 38.2 Å². The van der Waals surface area contributed by atoms with E-state index in [-0.39, 0.29) is 5.91 Å². The van der Waals surface area contributed by atoms with Gasteiger partial charge in [0.25, 0.3) is 0 Å². The highest BCUT2D eigenvalue weighted by molar-refractivity contribution is 7.89. The van der Waals surface area contributed by atoms with Gasteiger partial charge in [0.15, 0.2) is 0 Å². The highest BCUT2D eigenvalue weighted by Crippen LogP contribution is 2.64. The molecule has 142 valence electrons. The number of sulfonamides is 1. The average molecular weight is 417 g/mol. The Balaban J connectivity index is 1.60. The summed E-state index contributed by atoms with van der Waals surface area (Å²) in [5.74, 6) is -0.0899. The van der Waals surface area contributed by atoms with Crippen LogP contribution in [0.2, 0.25) is 0 Å². The zero-order valence-corrected chi connectivity index (χ0v) is 17.0. The third-order valence-corrected chi connectivity index (χ3v) is 8.87. The van der Waals surface area contributed by atoms with Crippen molar-refractivity contribution in [2.45, 2.75) is 48.3 Å². The van der Waals surface area contributed by atoms with Crippen LogP contribution in [-0.2, 0) is 21.2 Å². The van der Waals surface area contributed by atoms with Gasteiger partial charge >= 0.3 is 0 Å². The van der Waals surface area contributed by atoms with E-state index in [1.54, 1.807) is 34.3 Å². The molecule has 1 saturated heterocycles. The summed E-state index contributed by atoms with van der Waals surface area (Å²) in [6.07, 6.45) is 3.97. The van der Waals surface area contributed by atoms with Gasteiger partial charge in [0.1, 0.15) is 4.33 Å². The Morgan fingerprint density at radius 2 is 1.77 bits per heavy atom. The summed E-state index contributed by atoms with van der Waals surface area (Å²) in [6, 6.07) is 5.07. The van der Waals surface area contributed by atoms with Crippen molar-refractivity contribution < 1.29 is 13.2 Å². The zero-order chi connectivity index (χ0) is 18.7. The number of fused-ring (bicyclic) bond motifs is 1. The van der Waals surface area contributed by atoms with Gasteiger partial charge in [-0.25, -0.2) is 8.42 Å². The van der Waals surface area contributed by atoms with E-state index in [0.717, 1.165) is 30.5 Å². The number of piperidine rings is 1. The molecule has 0 N–H and O–H groups in total. The fourth-order valence-corrected chi connectivity index (χ4v) is 6.20. The van der Waals surface area contributed by atoms with Crippen molar-refractivity contribution in [1.29, 1.82) is 0 Å². The number of halogens is 2. The Labute approximate surface area is 164 Å². The second-order valence-electron chi connectivity index (χ2n) is 7.68. The van der Waals surface area contributed by atoms with Crippen molar-refractivity contribution in [1.82, 2.24) is 4.31 Å². The van der Waals surface area contributed by atoms with Crippen LogP contribution in [0, 0.1) is 5.41 Å². The van der Waals surface area contributed by atoms with Crippen LogP contribution in [0.25, 0.3) is 0 Å². The molecule has 3 aliphatic rings. The van der Waals surface area contributed by atoms with Crippen LogP contribution >= 0.6 is 23.2 Å². The summed E-state index contributed by atoms with van der Waals surface area (Å²) in [5.41, 5.74) is 0.885. The number of rotatable bonds is 3. The van der Waals surface area contributed by atoms with Crippen molar-refractivity contribution in [3.8, 4) is 0 Å². The summed E-state index contributed by atoms with van der Waals surface area (Å²) >= 11 is 12.3. The number of amides is 1. The van der Waals surface area contributed by atoms with Gasteiger partial charge in [-0.3, -0.25) is 4.79 Å². The lowest BCUT2D eigenvalue weighted by atomic mass is 10.1. The Morgan fingerprint density at radius 1 is 1.12 bits per heavy atom. The second-order valence-corrected chi connectivity index (χ2v) is 11.1. The maximum absolute atomic E-state index is 12.9. The molecule has 1 aromatic carbocycles.